The predicted octanol–water partition coefficient (Wildman–Crippen LogP) is 2.61. The number of rotatable bonds is 9. The lowest BCUT2D eigenvalue weighted by Gasteiger charge is -2.20. The number of nitrogens with one attached hydrogen (secondary N) is 1. The van der Waals surface area contributed by atoms with Crippen LogP contribution in [0.15, 0.2) is 12.1 Å². The summed E-state index contributed by atoms with van der Waals surface area (Å²) in [6.07, 6.45) is 2.43. The van der Waals surface area contributed by atoms with Gasteiger partial charge >= 0.3 is 0 Å². The molecule has 0 aromatic carbocycles. The Morgan fingerprint density at radius 2 is 2.10 bits per heavy atom. The molecule has 0 amide bonds. The normalized spacial score (nSPS) is 11.1. The Morgan fingerprint density at radius 1 is 1.35 bits per heavy atom. The molecule has 4 nitrogen and oxygen atoms in total. The van der Waals surface area contributed by atoms with Crippen LogP contribution >= 0.6 is 0 Å². The van der Waals surface area contributed by atoms with Crippen LogP contribution in [-0.2, 0) is 17.7 Å². The van der Waals surface area contributed by atoms with Crippen LogP contribution in [-0.4, -0.2) is 38.3 Å². The fourth-order valence-corrected chi connectivity index (χ4v) is 2.06. The second kappa shape index (κ2) is 8.93. The van der Waals surface area contributed by atoms with Crippen molar-refractivity contribution in [2.75, 3.05) is 32.1 Å². The van der Waals surface area contributed by atoms with Crippen LogP contribution in [0, 0.1) is 0 Å². The van der Waals surface area contributed by atoms with E-state index in [4.69, 9.17) is 9.72 Å². The molecular formula is C16H29N3O. The standard InChI is InChI=1S/C16H29N3O/c1-6-7-15-10-14(12-17-4)11-16(18-15)19(5)8-9-20-13(2)3/h10-11,13,17H,6-9,12H2,1-5H3. The van der Waals surface area contributed by atoms with E-state index in [1.54, 1.807) is 0 Å². The number of pyridine rings is 1. The van der Waals surface area contributed by atoms with Crippen molar-refractivity contribution >= 4 is 5.82 Å². The summed E-state index contributed by atoms with van der Waals surface area (Å²) in [4.78, 5) is 6.91. The van der Waals surface area contributed by atoms with E-state index >= 15 is 0 Å². The first-order valence-corrected chi connectivity index (χ1v) is 7.54. The average molecular weight is 279 g/mol. The van der Waals surface area contributed by atoms with Crippen LogP contribution < -0.4 is 10.2 Å². The van der Waals surface area contributed by atoms with Crippen molar-refractivity contribution in [3.63, 3.8) is 0 Å². The summed E-state index contributed by atoms with van der Waals surface area (Å²) < 4.78 is 5.61. The lowest BCUT2D eigenvalue weighted by Crippen LogP contribution is -2.25. The highest BCUT2D eigenvalue weighted by Gasteiger charge is 2.07. The highest BCUT2D eigenvalue weighted by molar-refractivity contribution is 5.42. The Labute approximate surface area is 123 Å². The second-order valence-electron chi connectivity index (χ2n) is 5.45. The van der Waals surface area contributed by atoms with Crippen molar-refractivity contribution in [2.45, 2.75) is 46.3 Å². The van der Waals surface area contributed by atoms with Gasteiger partial charge in [0.15, 0.2) is 0 Å². The van der Waals surface area contributed by atoms with Crippen molar-refractivity contribution in [1.82, 2.24) is 10.3 Å². The van der Waals surface area contributed by atoms with Crippen LogP contribution in [0.2, 0.25) is 0 Å². The van der Waals surface area contributed by atoms with E-state index < -0.39 is 0 Å². The maximum atomic E-state index is 5.61. The van der Waals surface area contributed by atoms with Crippen LogP contribution in [0.4, 0.5) is 5.82 Å². The summed E-state index contributed by atoms with van der Waals surface area (Å²) in [5.74, 6) is 1.04. The zero-order valence-corrected chi connectivity index (χ0v) is 13.6. The molecule has 0 aliphatic carbocycles. The molecule has 1 N–H and O–H groups in total. The van der Waals surface area contributed by atoms with Crippen molar-refractivity contribution in [1.29, 1.82) is 0 Å². The lowest BCUT2D eigenvalue weighted by molar-refractivity contribution is 0.0845. The molecule has 20 heavy (non-hydrogen) atoms. The minimum atomic E-state index is 0.280. The molecule has 1 aromatic heterocycles. The van der Waals surface area contributed by atoms with Gasteiger partial charge < -0.3 is 15.0 Å². The van der Waals surface area contributed by atoms with E-state index in [1.165, 1.54) is 11.3 Å². The van der Waals surface area contributed by atoms with E-state index in [9.17, 15) is 0 Å². The van der Waals surface area contributed by atoms with E-state index in [1.807, 2.05) is 7.05 Å². The van der Waals surface area contributed by atoms with Crippen LogP contribution in [0.3, 0.4) is 0 Å². The molecular weight excluding hydrogens is 250 g/mol. The number of likely N-dealkylation sites (N-methyl/N-ethyl adjacent to an activating group) is 1. The molecule has 0 saturated heterocycles. The number of hydrogen-bond donors (Lipinski definition) is 1. The summed E-state index contributed by atoms with van der Waals surface area (Å²) in [7, 11) is 4.05. The van der Waals surface area contributed by atoms with E-state index in [0.717, 1.165) is 38.4 Å². The zero-order chi connectivity index (χ0) is 15.0. The maximum absolute atomic E-state index is 5.61. The molecule has 0 atom stereocenters. The monoisotopic (exact) mass is 279 g/mol. The molecule has 0 aliphatic rings. The van der Waals surface area contributed by atoms with Gasteiger partial charge in [-0.05, 0) is 45.0 Å². The molecule has 0 aliphatic heterocycles. The van der Waals surface area contributed by atoms with E-state index in [2.05, 4.69) is 50.2 Å². The van der Waals surface area contributed by atoms with Crippen molar-refractivity contribution in [3.05, 3.63) is 23.4 Å². The Bertz CT molecular complexity index is 369. The second-order valence-corrected chi connectivity index (χ2v) is 5.45. The third kappa shape index (κ3) is 5.88. The van der Waals surface area contributed by atoms with Crippen molar-refractivity contribution in [2.24, 2.45) is 0 Å². The van der Waals surface area contributed by atoms with Gasteiger partial charge in [-0.3, -0.25) is 0 Å². The Hall–Kier alpha value is -1.13. The van der Waals surface area contributed by atoms with Gasteiger partial charge in [0, 0.05) is 25.8 Å². The van der Waals surface area contributed by atoms with Crippen LogP contribution in [0.25, 0.3) is 0 Å². The molecule has 4 heteroatoms. The zero-order valence-electron chi connectivity index (χ0n) is 13.6. The molecule has 0 bridgehead atoms. The molecule has 1 aromatic rings. The van der Waals surface area contributed by atoms with Gasteiger partial charge in [-0.15, -0.1) is 0 Å². The number of hydrogen-bond acceptors (Lipinski definition) is 4. The van der Waals surface area contributed by atoms with E-state index in [0.29, 0.717) is 0 Å². The SMILES string of the molecule is CCCc1cc(CNC)cc(N(C)CCOC(C)C)n1. The summed E-state index contributed by atoms with van der Waals surface area (Å²) >= 11 is 0. The molecule has 0 unspecified atom stereocenters. The first-order chi connectivity index (χ1) is 9.56. The van der Waals surface area contributed by atoms with Gasteiger partial charge in [0.1, 0.15) is 5.82 Å². The highest BCUT2D eigenvalue weighted by Crippen LogP contribution is 2.15. The maximum Gasteiger partial charge on any atom is 0.128 e. The van der Waals surface area contributed by atoms with Gasteiger partial charge in [-0.1, -0.05) is 13.3 Å². The van der Waals surface area contributed by atoms with Crippen LogP contribution in [0.5, 0.6) is 0 Å². The third-order valence-electron chi connectivity index (χ3n) is 3.08. The number of aromatic nitrogens is 1. The number of nitrogens with zero attached hydrogens (tertiary/aromatic N) is 2. The Kier molecular flexibility index (Phi) is 7.55. The average Bonchev–Trinajstić information content (AvgIpc) is 2.38. The van der Waals surface area contributed by atoms with Gasteiger partial charge in [-0.2, -0.15) is 0 Å². The molecule has 1 heterocycles. The highest BCUT2D eigenvalue weighted by atomic mass is 16.5. The quantitative estimate of drug-likeness (QED) is 0.754. The van der Waals surface area contributed by atoms with Gasteiger partial charge in [-0.25, -0.2) is 4.98 Å². The largest absolute Gasteiger partial charge is 0.377 e. The summed E-state index contributed by atoms with van der Waals surface area (Å²) in [5, 5.41) is 3.21. The molecule has 0 radical (unpaired) electrons. The van der Waals surface area contributed by atoms with Crippen molar-refractivity contribution in [3.8, 4) is 0 Å². The summed E-state index contributed by atoms with van der Waals surface area (Å²) in [6.45, 7) is 8.78. The lowest BCUT2D eigenvalue weighted by atomic mass is 10.1. The van der Waals surface area contributed by atoms with Gasteiger partial charge in [0.25, 0.3) is 0 Å². The molecule has 0 saturated carbocycles. The van der Waals surface area contributed by atoms with Crippen molar-refractivity contribution < 1.29 is 4.74 Å². The van der Waals surface area contributed by atoms with Crippen LogP contribution in [0.1, 0.15) is 38.4 Å². The predicted molar refractivity (Wildman–Crippen MR) is 85.4 cm³/mol. The fourth-order valence-electron chi connectivity index (χ4n) is 2.06. The first-order valence-electron chi connectivity index (χ1n) is 7.54. The first kappa shape index (κ1) is 16.9. The third-order valence-corrected chi connectivity index (χ3v) is 3.08. The van der Waals surface area contributed by atoms with E-state index in [-0.39, 0.29) is 6.10 Å². The Morgan fingerprint density at radius 3 is 2.70 bits per heavy atom. The smallest absolute Gasteiger partial charge is 0.128 e. The summed E-state index contributed by atoms with van der Waals surface area (Å²) in [6, 6.07) is 4.35. The van der Waals surface area contributed by atoms with Gasteiger partial charge in [0.05, 0.1) is 12.7 Å². The Balaban J connectivity index is 2.75. The number of anilines is 1. The minimum absolute atomic E-state index is 0.280. The number of ether oxygens (including phenoxy) is 1. The molecule has 114 valence electrons. The topological polar surface area (TPSA) is 37.4 Å². The molecule has 1 rings (SSSR count). The number of aryl methyl sites for hydroxylation is 1. The summed E-state index contributed by atoms with van der Waals surface area (Å²) in [5.41, 5.74) is 2.46. The fraction of sp³-hybridized carbons (Fsp3) is 0.688. The molecule has 0 fully saturated rings. The molecule has 0 spiro atoms. The minimum Gasteiger partial charge on any atom is -0.377 e. The van der Waals surface area contributed by atoms with Gasteiger partial charge in [0.2, 0.25) is 0 Å².